The predicted octanol–water partition coefficient (Wildman–Crippen LogP) is -1.90. The molecule has 12 N–H and O–H groups in total. The highest BCUT2D eigenvalue weighted by atomic mass is 31.2. The van der Waals surface area contributed by atoms with Crippen LogP contribution in [0, 0.1) is 0 Å². The van der Waals surface area contributed by atoms with Crippen LogP contribution < -0.4 is 23.5 Å². The summed E-state index contributed by atoms with van der Waals surface area (Å²) in [5.74, 6) is -0.129. The number of ether oxygens (including phenoxy) is 1. The number of aromatic nitrogens is 2. The molecule has 0 aromatic carbocycles. The van der Waals surface area contributed by atoms with Crippen molar-refractivity contribution in [1.82, 2.24) is 21.9 Å². The van der Waals surface area contributed by atoms with Crippen LogP contribution in [0.25, 0.3) is 0 Å². The van der Waals surface area contributed by atoms with Crippen molar-refractivity contribution in [2.24, 2.45) is 0 Å². The van der Waals surface area contributed by atoms with E-state index in [1.165, 1.54) is 6.07 Å². The number of phosphoric ester groups is 1. The van der Waals surface area contributed by atoms with E-state index < -0.39 is 44.7 Å². The van der Waals surface area contributed by atoms with Gasteiger partial charge in [0.1, 0.15) is 18.3 Å². The summed E-state index contributed by atoms with van der Waals surface area (Å²) in [4.78, 5) is 32.4. The summed E-state index contributed by atoms with van der Waals surface area (Å²) in [6.07, 6.45) is -4.50. The van der Waals surface area contributed by atoms with Gasteiger partial charge >= 0.3 is 13.5 Å². The first kappa shape index (κ1) is 22.6. The van der Waals surface area contributed by atoms with Crippen LogP contribution in [0.15, 0.2) is 17.1 Å². The second-order valence-electron chi connectivity index (χ2n) is 4.45. The lowest BCUT2D eigenvalue weighted by Gasteiger charge is -2.17. The molecule has 0 aliphatic carbocycles. The van der Waals surface area contributed by atoms with E-state index in [0.717, 1.165) is 10.8 Å². The molecule has 1 fully saturated rings. The van der Waals surface area contributed by atoms with Crippen molar-refractivity contribution in [3.05, 3.63) is 22.7 Å². The summed E-state index contributed by atoms with van der Waals surface area (Å²) in [6, 6.07) is 1.21. The summed E-state index contributed by atoms with van der Waals surface area (Å²) in [7, 11) is -4.77. The largest absolute Gasteiger partial charge is 0.469 e. The van der Waals surface area contributed by atoms with Crippen molar-refractivity contribution >= 4 is 13.6 Å². The third kappa shape index (κ3) is 5.02. The molecular weight excluding hydrogens is 353 g/mol. The highest BCUT2D eigenvalue weighted by Gasteiger charge is 2.44. The first-order chi connectivity index (χ1) is 10.2. The van der Waals surface area contributed by atoms with Gasteiger partial charge in [0.25, 0.3) is 0 Å². The average Bonchev–Trinajstić information content (AvgIpc) is 2.72. The zero-order valence-corrected chi connectivity index (χ0v) is 13.2. The molecule has 4 atom stereocenters. The maximum Gasteiger partial charge on any atom is 0.469 e. The quantitative estimate of drug-likeness (QED) is 0.207. The first-order valence-electron chi connectivity index (χ1n) is 5.94. The normalized spacial score (nSPS) is 26.4. The second-order valence-corrected chi connectivity index (χ2v) is 5.69. The van der Waals surface area contributed by atoms with Crippen LogP contribution >= 0.6 is 7.82 Å². The number of hydrogen-bond donors (Lipinski definition) is 8. The lowest BCUT2D eigenvalue weighted by atomic mass is 10.1. The number of anilines is 1. The molecule has 24 heavy (non-hydrogen) atoms. The van der Waals surface area contributed by atoms with E-state index in [0.29, 0.717) is 0 Å². The SMILES string of the molecule is N.N.O=c1nc(NO)ccn1[C@@H]1O[C@H](COP(=O)(O)O)[C@@H](O)[C@H]1O. The molecular formula is C9H20N5O9P. The number of aliphatic hydroxyl groups is 2. The van der Waals surface area contributed by atoms with E-state index >= 15 is 0 Å². The topological polar surface area (TPSA) is 254 Å². The monoisotopic (exact) mass is 373 g/mol. The third-order valence-electron chi connectivity index (χ3n) is 2.96. The molecule has 140 valence electrons. The lowest BCUT2D eigenvalue weighted by molar-refractivity contribution is -0.0542. The van der Waals surface area contributed by atoms with Gasteiger partial charge in [-0.1, -0.05) is 0 Å². The first-order valence-corrected chi connectivity index (χ1v) is 7.47. The Hall–Kier alpha value is -1.45. The number of rotatable bonds is 5. The Morgan fingerprint density at radius 2 is 1.96 bits per heavy atom. The zero-order chi connectivity index (χ0) is 16.5. The molecule has 0 unspecified atom stereocenters. The highest BCUT2D eigenvalue weighted by molar-refractivity contribution is 7.46. The molecule has 1 aromatic heterocycles. The van der Waals surface area contributed by atoms with E-state index in [2.05, 4.69) is 9.51 Å². The van der Waals surface area contributed by atoms with Gasteiger partial charge in [-0.2, -0.15) is 4.98 Å². The molecule has 0 saturated carbocycles. The second kappa shape index (κ2) is 8.59. The Balaban J connectivity index is 0.00000264. The molecule has 0 spiro atoms. The minimum Gasteiger partial charge on any atom is -0.387 e. The molecule has 1 aromatic rings. The highest BCUT2D eigenvalue weighted by Crippen LogP contribution is 2.38. The summed E-state index contributed by atoms with van der Waals surface area (Å²) in [5.41, 5.74) is 0.785. The number of nitrogens with zero attached hydrogens (tertiary/aromatic N) is 2. The molecule has 2 rings (SSSR count). The van der Waals surface area contributed by atoms with Gasteiger partial charge in [0.05, 0.1) is 6.61 Å². The Morgan fingerprint density at radius 3 is 2.46 bits per heavy atom. The minimum atomic E-state index is -4.77. The van der Waals surface area contributed by atoms with E-state index in [1.54, 1.807) is 5.48 Å². The van der Waals surface area contributed by atoms with Crippen molar-refractivity contribution in [3.8, 4) is 0 Å². The van der Waals surface area contributed by atoms with Crippen molar-refractivity contribution in [2.75, 3.05) is 12.1 Å². The lowest BCUT2D eigenvalue weighted by Crippen LogP contribution is -2.36. The average molecular weight is 373 g/mol. The van der Waals surface area contributed by atoms with Crippen LogP contribution in [0.1, 0.15) is 6.23 Å². The van der Waals surface area contributed by atoms with E-state index in [9.17, 15) is 19.6 Å². The summed E-state index contributed by atoms with van der Waals surface area (Å²) in [5, 5.41) is 28.3. The van der Waals surface area contributed by atoms with Gasteiger partial charge in [-0.15, -0.1) is 0 Å². The molecule has 14 nitrogen and oxygen atoms in total. The smallest absolute Gasteiger partial charge is 0.387 e. The van der Waals surface area contributed by atoms with Crippen molar-refractivity contribution in [2.45, 2.75) is 24.5 Å². The van der Waals surface area contributed by atoms with Crippen LogP contribution in [0.5, 0.6) is 0 Å². The van der Waals surface area contributed by atoms with Gasteiger partial charge in [0.15, 0.2) is 12.0 Å². The Bertz CT molecular complexity index is 636. The van der Waals surface area contributed by atoms with E-state index in [-0.39, 0.29) is 18.1 Å². The Labute approximate surface area is 135 Å². The minimum absolute atomic E-state index is 0. The van der Waals surface area contributed by atoms with Crippen LogP contribution in [0.4, 0.5) is 5.82 Å². The van der Waals surface area contributed by atoms with Crippen LogP contribution in [0.3, 0.4) is 0 Å². The summed E-state index contributed by atoms with van der Waals surface area (Å²) >= 11 is 0. The zero-order valence-electron chi connectivity index (χ0n) is 12.3. The molecule has 1 aliphatic heterocycles. The molecule has 1 aliphatic rings. The fourth-order valence-corrected chi connectivity index (χ4v) is 2.28. The van der Waals surface area contributed by atoms with Crippen molar-refractivity contribution < 1.29 is 39.0 Å². The molecule has 2 heterocycles. The summed E-state index contributed by atoms with van der Waals surface area (Å²) in [6.45, 7) is -0.683. The van der Waals surface area contributed by atoms with Crippen molar-refractivity contribution in [3.63, 3.8) is 0 Å². The maximum atomic E-state index is 11.7. The number of nitrogens with one attached hydrogen (secondary N) is 1. The fraction of sp³-hybridized carbons (Fsp3) is 0.556. The van der Waals surface area contributed by atoms with Gasteiger partial charge in [0.2, 0.25) is 0 Å². The molecule has 1 saturated heterocycles. The Morgan fingerprint density at radius 1 is 1.33 bits per heavy atom. The number of aliphatic hydroxyl groups excluding tert-OH is 2. The molecule has 0 radical (unpaired) electrons. The van der Waals surface area contributed by atoms with Crippen LogP contribution in [-0.4, -0.2) is 59.7 Å². The van der Waals surface area contributed by atoms with Gasteiger partial charge < -0.3 is 37.0 Å². The number of phosphoric acid groups is 1. The number of hydrogen-bond acceptors (Lipinski definition) is 11. The van der Waals surface area contributed by atoms with E-state index in [1.807, 2.05) is 0 Å². The van der Waals surface area contributed by atoms with Crippen LogP contribution in [-0.2, 0) is 13.8 Å². The molecule has 0 amide bonds. The van der Waals surface area contributed by atoms with Crippen molar-refractivity contribution in [1.29, 1.82) is 0 Å². The van der Waals surface area contributed by atoms with Crippen LogP contribution in [0.2, 0.25) is 0 Å². The van der Waals surface area contributed by atoms with E-state index in [4.69, 9.17) is 19.7 Å². The summed E-state index contributed by atoms with van der Waals surface area (Å²) < 4.78 is 20.9. The molecule has 0 bridgehead atoms. The maximum absolute atomic E-state index is 11.7. The van der Waals surface area contributed by atoms with Gasteiger partial charge in [-0.05, 0) is 6.07 Å². The Kier molecular flexibility index (Phi) is 8.07. The standard InChI is InChI=1S/C9H14N3O9P.2H3N/c13-6-4(3-20-22(17,18)19)21-8(7(6)14)12-2-1-5(11-16)10-9(12)15;;/h1-2,4,6-8,13-14,16H,3H2,(H,10,11,15)(H2,17,18,19);2*1H3/t4-,6-,7-,8-;;/m1../s1. The van der Waals surface area contributed by atoms with Gasteiger partial charge in [0, 0.05) is 6.20 Å². The fourth-order valence-electron chi connectivity index (χ4n) is 1.94. The predicted molar refractivity (Wildman–Crippen MR) is 77.9 cm³/mol. The van der Waals surface area contributed by atoms with Gasteiger partial charge in [-0.3, -0.25) is 19.8 Å². The van der Waals surface area contributed by atoms with Gasteiger partial charge in [-0.25, -0.2) is 9.36 Å². The third-order valence-corrected chi connectivity index (χ3v) is 3.45. The molecule has 15 heteroatoms.